The summed E-state index contributed by atoms with van der Waals surface area (Å²) < 4.78 is 0. The van der Waals surface area contributed by atoms with Crippen molar-refractivity contribution >= 4 is 5.91 Å². The summed E-state index contributed by atoms with van der Waals surface area (Å²) >= 11 is 0. The average Bonchev–Trinajstić information content (AvgIpc) is 2.72. The molecule has 0 radical (unpaired) electrons. The molecule has 2 N–H and O–H groups in total. The third-order valence-electron chi connectivity index (χ3n) is 4.20. The molecule has 2 unspecified atom stereocenters. The van der Waals surface area contributed by atoms with E-state index < -0.39 is 0 Å². The minimum Gasteiger partial charge on any atom is -0.340 e. The predicted molar refractivity (Wildman–Crippen MR) is 64.8 cm³/mol. The maximum Gasteiger partial charge on any atom is 0.226 e. The lowest BCUT2D eigenvalue weighted by Gasteiger charge is -2.27. The van der Waals surface area contributed by atoms with Gasteiger partial charge in [0.1, 0.15) is 0 Å². The molecule has 2 rings (SSSR count). The number of hydrogen-bond donors (Lipinski definition) is 1. The van der Waals surface area contributed by atoms with E-state index in [-0.39, 0.29) is 0 Å². The first-order valence-electron chi connectivity index (χ1n) is 6.67. The molecular weight excluding hydrogens is 200 g/mol. The van der Waals surface area contributed by atoms with Crippen molar-refractivity contribution in [3.8, 4) is 0 Å². The van der Waals surface area contributed by atoms with Crippen LogP contribution in [0.15, 0.2) is 0 Å². The van der Waals surface area contributed by atoms with Crippen LogP contribution in [0.2, 0.25) is 0 Å². The summed E-state index contributed by atoms with van der Waals surface area (Å²) in [6, 6.07) is 0.320. The predicted octanol–water partition coefficient (Wildman–Crippen LogP) is 1.62. The Morgan fingerprint density at radius 1 is 1.38 bits per heavy atom. The zero-order chi connectivity index (χ0) is 11.7. The Morgan fingerprint density at radius 2 is 2.00 bits per heavy atom. The molecular formula is C13H24N2O. The summed E-state index contributed by atoms with van der Waals surface area (Å²) in [5.41, 5.74) is 5.52. The standard InChI is InChI=1S/C13H24N2O/c1-9(2)15(8-4-7-14)13(16)12-10-5-3-6-11(10)12/h9-12H,3-8,14H2,1-2H3. The van der Waals surface area contributed by atoms with Crippen LogP contribution in [-0.4, -0.2) is 29.9 Å². The largest absolute Gasteiger partial charge is 0.340 e. The van der Waals surface area contributed by atoms with E-state index in [9.17, 15) is 4.79 Å². The van der Waals surface area contributed by atoms with Crippen molar-refractivity contribution in [1.82, 2.24) is 4.90 Å². The van der Waals surface area contributed by atoms with Gasteiger partial charge in [0.2, 0.25) is 5.91 Å². The monoisotopic (exact) mass is 224 g/mol. The van der Waals surface area contributed by atoms with Gasteiger partial charge in [-0.05, 0) is 51.5 Å². The number of carbonyl (C=O) groups excluding carboxylic acids is 1. The van der Waals surface area contributed by atoms with Gasteiger partial charge >= 0.3 is 0 Å². The molecule has 0 aromatic rings. The number of carbonyl (C=O) groups is 1. The highest BCUT2D eigenvalue weighted by Gasteiger charge is 2.57. The van der Waals surface area contributed by atoms with Crippen molar-refractivity contribution in [2.24, 2.45) is 23.5 Å². The molecule has 0 saturated heterocycles. The Bertz CT molecular complexity index is 255. The van der Waals surface area contributed by atoms with Crippen molar-refractivity contribution < 1.29 is 4.79 Å². The highest BCUT2D eigenvalue weighted by atomic mass is 16.2. The highest BCUT2D eigenvalue weighted by Crippen LogP contribution is 2.58. The van der Waals surface area contributed by atoms with E-state index in [1.807, 2.05) is 4.90 Å². The maximum atomic E-state index is 12.4. The number of amides is 1. The van der Waals surface area contributed by atoms with Crippen LogP contribution < -0.4 is 5.73 Å². The minimum atomic E-state index is 0.320. The van der Waals surface area contributed by atoms with Crippen molar-refractivity contribution in [3.05, 3.63) is 0 Å². The molecule has 0 spiro atoms. The number of fused-ring (bicyclic) bond motifs is 1. The topological polar surface area (TPSA) is 46.3 Å². The van der Waals surface area contributed by atoms with E-state index in [1.165, 1.54) is 19.3 Å². The fourth-order valence-electron chi connectivity index (χ4n) is 3.26. The van der Waals surface area contributed by atoms with Crippen molar-refractivity contribution in [3.63, 3.8) is 0 Å². The van der Waals surface area contributed by atoms with Crippen molar-refractivity contribution in [1.29, 1.82) is 0 Å². The Hall–Kier alpha value is -0.570. The van der Waals surface area contributed by atoms with E-state index in [1.54, 1.807) is 0 Å². The molecule has 92 valence electrons. The third kappa shape index (κ3) is 2.10. The summed E-state index contributed by atoms with van der Waals surface area (Å²) in [5.74, 6) is 2.23. The Morgan fingerprint density at radius 3 is 2.50 bits per heavy atom. The second-order valence-corrected chi connectivity index (χ2v) is 5.55. The van der Waals surface area contributed by atoms with E-state index in [0.29, 0.717) is 24.4 Å². The molecule has 2 aliphatic carbocycles. The molecule has 3 nitrogen and oxygen atoms in total. The molecule has 16 heavy (non-hydrogen) atoms. The third-order valence-corrected chi connectivity index (χ3v) is 4.20. The lowest BCUT2D eigenvalue weighted by molar-refractivity contribution is -0.135. The fraction of sp³-hybridized carbons (Fsp3) is 0.923. The van der Waals surface area contributed by atoms with Crippen LogP contribution >= 0.6 is 0 Å². The number of nitrogens with two attached hydrogens (primary N) is 1. The van der Waals surface area contributed by atoms with Gasteiger partial charge in [-0.3, -0.25) is 4.79 Å². The van der Waals surface area contributed by atoms with Crippen LogP contribution in [0.5, 0.6) is 0 Å². The average molecular weight is 224 g/mol. The molecule has 1 amide bonds. The molecule has 2 saturated carbocycles. The van der Waals surface area contributed by atoms with Crippen LogP contribution in [0.3, 0.4) is 0 Å². The van der Waals surface area contributed by atoms with E-state index in [4.69, 9.17) is 5.73 Å². The lowest BCUT2D eigenvalue weighted by Crippen LogP contribution is -2.40. The SMILES string of the molecule is CC(C)N(CCCN)C(=O)C1C2CCCC21. The number of rotatable bonds is 5. The zero-order valence-corrected chi connectivity index (χ0v) is 10.5. The van der Waals surface area contributed by atoms with E-state index >= 15 is 0 Å². The second-order valence-electron chi connectivity index (χ2n) is 5.55. The highest BCUT2D eigenvalue weighted by molar-refractivity contribution is 5.82. The first kappa shape index (κ1) is 11.9. The first-order chi connectivity index (χ1) is 7.66. The van der Waals surface area contributed by atoms with Gasteiger partial charge in [-0.2, -0.15) is 0 Å². The van der Waals surface area contributed by atoms with Crippen molar-refractivity contribution in [2.75, 3.05) is 13.1 Å². The van der Waals surface area contributed by atoms with Gasteiger partial charge in [0.15, 0.2) is 0 Å². The van der Waals surface area contributed by atoms with Crippen molar-refractivity contribution in [2.45, 2.75) is 45.6 Å². The van der Waals surface area contributed by atoms with Gasteiger partial charge in [-0.1, -0.05) is 6.42 Å². The molecule has 2 atom stereocenters. The Labute approximate surface area is 98.4 Å². The summed E-state index contributed by atoms with van der Waals surface area (Å²) in [6.45, 7) is 5.72. The van der Waals surface area contributed by atoms with Gasteiger partial charge in [-0.25, -0.2) is 0 Å². The van der Waals surface area contributed by atoms with Crippen LogP contribution in [-0.2, 0) is 4.79 Å². The fourth-order valence-corrected chi connectivity index (χ4v) is 3.26. The van der Waals surface area contributed by atoms with Crippen LogP contribution in [0.4, 0.5) is 0 Å². The van der Waals surface area contributed by atoms with Gasteiger partial charge in [0, 0.05) is 18.5 Å². The quantitative estimate of drug-likeness (QED) is 0.771. The molecule has 0 aliphatic heterocycles. The smallest absolute Gasteiger partial charge is 0.226 e. The maximum absolute atomic E-state index is 12.4. The molecule has 0 bridgehead atoms. The minimum absolute atomic E-state index is 0.320. The normalized spacial score (nSPS) is 31.6. The van der Waals surface area contributed by atoms with E-state index in [2.05, 4.69) is 13.8 Å². The van der Waals surface area contributed by atoms with Gasteiger partial charge in [-0.15, -0.1) is 0 Å². The molecule has 0 aromatic carbocycles. The van der Waals surface area contributed by atoms with Gasteiger partial charge in [0.25, 0.3) is 0 Å². The molecule has 0 aromatic heterocycles. The molecule has 0 heterocycles. The van der Waals surface area contributed by atoms with Crippen LogP contribution in [0.25, 0.3) is 0 Å². The molecule has 2 fully saturated rings. The van der Waals surface area contributed by atoms with Crippen LogP contribution in [0.1, 0.15) is 39.5 Å². The summed E-state index contributed by atoms with van der Waals surface area (Å²) in [5, 5.41) is 0. The summed E-state index contributed by atoms with van der Waals surface area (Å²) in [6.07, 6.45) is 4.82. The van der Waals surface area contributed by atoms with Gasteiger partial charge in [0.05, 0.1) is 0 Å². The number of hydrogen-bond acceptors (Lipinski definition) is 2. The summed E-state index contributed by atoms with van der Waals surface area (Å²) in [4.78, 5) is 14.4. The first-order valence-corrected chi connectivity index (χ1v) is 6.67. The zero-order valence-electron chi connectivity index (χ0n) is 10.5. The molecule has 2 aliphatic rings. The Balaban J connectivity index is 1.90. The lowest BCUT2D eigenvalue weighted by atomic mass is 10.1. The van der Waals surface area contributed by atoms with Gasteiger partial charge < -0.3 is 10.6 Å². The second kappa shape index (κ2) is 4.74. The Kier molecular flexibility index (Phi) is 3.53. The summed E-state index contributed by atoms with van der Waals surface area (Å²) in [7, 11) is 0. The molecule has 3 heteroatoms. The van der Waals surface area contributed by atoms with E-state index in [0.717, 1.165) is 24.8 Å². The number of nitrogens with zero attached hydrogens (tertiary/aromatic N) is 1. The van der Waals surface area contributed by atoms with Crippen LogP contribution in [0, 0.1) is 17.8 Å².